The van der Waals surface area contributed by atoms with Crippen LogP contribution in [-0.2, 0) is 14.4 Å². The molecule has 0 saturated heterocycles. The molecular formula is C30H33N3O8. The molecule has 0 unspecified atom stereocenters. The fraction of sp³-hybridized carbons (Fsp3) is 0.367. The molecule has 0 radical (unpaired) electrons. The van der Waals surface area contributed by atoms with Gasteiger partial charge >= 0.3 is 0 Å². The first-order valence-electron chi connectivity index (χ1n) is 13.1. The number of benzene rings is 2. The quantitative estimate of drug-likeness (QED) is 0.296. The smallest absolute Gasteiger partial charge is 0.255 e. The lowest BCUT2D eigenvalue weighted by atomic mass is 9.54. The second-order valence-electron chi connectivity index (χ2n) is 11.4. The van der Waals surface area contributed by atoms with Crippen LogP contribution in [0.1, 0.15) is 24.0 Å². The van der Waals surface area contributed by atoms with E-state index >= 15 is 0 Å². The summed E-state index contributed by atoms with van der Waals surface area (Å²) in [5.41, 5.74) is 3.39. The fourth-order valence-corrected chi connectivity index (χ4v) is 6.79. The number of anilines is 1. The summed E-state index contributed by atoms with van der Waals surface area (Å²) in [6.45, 7) is 1.70. The highest BCUT2D eigenvalue weighted by Crippen LogP contribution is 2.56. The molecule has 2 aromatic rings. The van der Waals surface area contributed by atoms with Crippen molar-refractivity contribution >= 4 is 28.9 Å². The Morgan fingerprint density at radius 2 is 1.59 bits per heavy atom. The van der Waals surface area contributed by atoms with Gasteiger partial charge in [-0.3, -0.25) is 19.3 Å². The van der Waals surface area contributed by atoms with Crippen LogP contribution >= 0.6 is 0 Å². The summed E-state index contributed by atoms with van der Waals surface area (Å²) in [6.07, 6.45) is -1.63. The number of primary amides is 1. The molecule has 41 heavy (non-hydrogen) atoms. The van der Waals surface area contributed by atoms with Crippen molar-refractivity contribution in [3.8, 4) is 16.9 Å². The van der Waals surface area contributed by atoms with Gasteiger partial charge in [0.25, 0.3) is 5.91 Å². The summed E-state index contributed by atoms with van der Waals surface area (Å²) < 4.78 is 0. The summed E-state index contributed by atoms with van der Waals surface area (Å²) in [6, 6.07) is 9.30. The number of fused-ring (bicyclic) bond motifs is 3. The van der Waals surface area contributed by atoms with Crippen LogP contribution in [0.3, 0.4) is 0 Å². The van der Waals surface area contributed by atoms with Gasteiger partial charge in [-0.1, -0.05) is 31.2 Å². The number of carbonyl (C=O) groups excluding carboxylic acids is 3. The molecule has 0 aromatic heterocycles. The molecule has 1 saturated carbocycles. The first-order chi connectivity index (χ1) is 19.2. The van der Waals surface area contributed by atoms with E-state index in [1.807, 2.05) is 31.1 Å². The van der Waals surface area contributed by atoms with Crippen LogP contribution in [0.15, 0.2) is 53.3 Å². The summed E-state index contributed by atoms with van der Waals surface area (Å²) in [4.78, 5) is 42.8. The number of amides is 1. The number of likely N-dealkylation sites (N-methyl/N-ethyl adjacent to an activating group) is 1. The van der Waals surface area contributed by atoms with Gasteiger partial charge in [0.15, 0.2) is 11.4 Å². The predicted molar refractivity (Wildman–Crippen MR) is 150 cm³/mol. The van der Waals surface area contributed by atoms with E-state index in [9.17, 15) is 39.9 Å². The Balaban J connectivity index is 1.74. The second kappa shape index (κ2) is 9.44. The van der Waals surface area contributed by atoms with Gasteiger partial charge in [0, 0.05) is 36.8 Å². The number of phenols is 1. The van der Waals surface area contributed by atoms with Crippen molar-refractivity contribution in [3.05, 3.63) is 64.4 Å². The number of aromatic hydroxyl groups is 1. The normalized spacial score (nSPS) is 29.3. The number of phenolic OH excluding ortho intramolecular Hbond substituents is 1. The Kier molecular flexibility index (Phi) is 6.52. The molecule has 0 spiro atoms. The van der Waals surface area contributed by atoms with Gasteiger partial charge < -0.3 is 36.2 Å². The number of nitrogens with two attached hydrogens (primary N) is 1. The van der Waals surface area contributed by atoms with E-state index in [1.165, 1.54) is 19.0 Å². The average molecular weight is 564 g/mol. The lowest BCUT2D eigenvalue weighted by Crippen LogP contribution is -2.70. The van der Waals surface area contributed by atoms with Crippen LogP contribution in [0, 0.1) is 11.8 Å². The highest BCUT2D eigenvalue weighted by atomic mass is 16.4. The number of hydrogen-bond acceptors (Lipinski definition) is 10. The summed E-state index contributed by atoms with van der Waals surface area (Å²) >= 11 is 0. The Bertz CT molecular complexity index is 1560. The minimum absolute atomic E-state index is 0.0461. The van der Waals surface area contributed by atoms with Crippen molar-refractivity contribution in [1.29, 1.82) is 0 Å². The van der Waals surface area contributed by atoms with Gasteiger partial charge in [0.1, 0.15) is 22.8 Å². The fourth-order valence-electron chi connectivity index (χ4n) is 6.79. The minimum atomic E-state index is -2.95. The molecule has 7 N–H and O–H groups in total. The van der Waals surface area contributed by atoms with Gasteiger partial charge in [0.2, 0.25) is 5.78 Å². The molecule has 3 aliphatic rings. The zero-order valence-corrected chi connectivity index (χ0v) is 23.3. The number of hydrogen-bond donors (Lipinski definition) is 6. The first-order valence-corrected chi connectivity index (χ1v) is 13.1. The lowest BCUT2D eigenvalue weighted by Gasteiger charge is -2.53. The summed E-state index contributed by atoms with van der Waals surface area (Å²) in [7, 11) is 6.72. The van der Waals surface area contributed by atoms with E-state index in [0.29, 0.717) is 16.7 Å². The van der Waals surface area contributed by atoms with E-state index in [0.717, 1.165) is 5.69 Å². The predicted octanol–water partition coefficient (Wildman–Crippen LogP) is 1.23. The third-order valence-corrected chi connectivity index (χ3v) is 8.82. The number of aliphatic hydroxyl groups excluding tert-OH is 3. The third-order valence-electron chi connectivity index (χ3n) is 8.82. The molecule has 216 valence electrons. The van der Waals surface area contributed by atoms with Crippen LogP contribution in [0.2, 0.25) is 0 Å². The monoisotopic (exact) mass is 563 g/mol. The lowest BCUT2D eigenvalue weighted by molar-refractivity contribution is -0.169. The maximum atomic E-state index is 14.1. The van der Waals surface area contributed by atoms with E-state index < -0.39 is 75.6 Å². The average Bonchev–Trinajstić information content (AvgIpc) is 2.90. The molecule has 1 amide bonds. The second-order valence-corrected chi connectivity index (χ2v) is 11.4. The van der Waals surface area contributed by atoms with Crippen molar-refractivity contribution in [3.63, 3.8) is 0 Å². The molecule has 6 atom stereocenters. The molecule has 0 aliphatic heterocycles. The Morgan fingerprint density at radius 1 is 0.976 bits per heavy atom. The van der Waals surface area contributed by atoms with Gasteiger partial charge in [0.05, 0.1) is 23.6 Å². The van der Waals surface area contributed by atoms with Crippen LogP contribution in [-0.4, -0.2) is 93.8 Å². The van der Waals surface area contributed by atoms with Crippen molar-refractivity contribution < 1.29 is 39.9 Å². The molecule has 11 heteroatoms. The number of nitrogens with zero attached hydrogens (tertiary/aromatic N) is 2. The van der Waals surface area contributed by atoms with E-state index in [2.05, 4.69) is 0 Å². The molecule has 0 heterocycles. The van der Waals surface area contributed by atoms with E-state index in [1.54, 1.807) is 31.2 Å². The number of ketones is 2. The highest BCUT2D eigenvalue weighted by Gasteiger charge is 2.68. The largest absolute Gasteiger partial charge is 0.508 e. The topological polar surface area (TPSA) is 185 Å². The van der Waals surface area contributed by atoms with E-state index in [4.69, 9.17) is 5.73 Å². The Hall–Kier alpha value is -4.19. The van der Waals surface area contributed by atoms with E-state index in [-0.39, 0.29) is 11.3 Å². The zero-order chi connectivity index (χ0) is 30.3. The summed E-state index contributed by atoms with van der Waals surface area (Å²) in [5.74, 6) is -9.09. The van der Waals surface area contributed by atoms with Crippen molar-refractivity contribution in [1.82, 2.24) is 4.90 Å². The molecule has 3 aliphatic carbocycles. The molecule has 0 bridgehead atoms. The molecule has 5 rings (SSSR count). The van der Waals surface area contributed by atoms with Crippen LogP contribution < -0.4 is 10.6 Å². The van der Waals surface area contributed by atoms with Gasteiger partial charge in [-0.05, 0) is 43.3 Å². The van der Waals surface area contributed by atoms with Crippen LogP contribution in [0.25, 0.3) is 16.9 Å². The highest BCUT2D eigenvalue weighted by molar-refractivity contribution is 6.24. The Labute approximate surface area is 236 Å². The zero-order valence-electron chi connectivity index (χ0n) is 23.3. The Morgan fingerprint density at radius 3 is 2.12 bits per heavy atom. The van der Waals surface area contributed by atoms with Gasteiger partial charge in [-0.15, -0.1) is 0 Å². The number of Topliss-reactive ketones (excluding diaryl/α,β-unsaturated/α-hetero) is 2. The molecular weight excluding hydrogens is 530 g/mol. The maximum absolute atomic E-state index is 14.1. The summed E-state index contributed by atoms with van der Waals surface area (Å²) in [5, 5.41) is 57.4. The third kappa shape index (κ3) is 3.73. The van der Waals surface area contributed by atoms with Crippen molar-refractivity contribution in [2.24, 2.45) is 17.6 Å². The molecule has 1 fully saturated rings. The molecule has 11 nitrogen and oxygen atoms in total. The maximum Gasteiger partial charge on any atom is 0.255 e. The van der Waals surface area contributed by atoms with Crippen LogP contribution in [0.5, 0.6) is 5.75 Å². The van der Waals surface area contributed by atoms with Crippen molar-refractivity contribution in [2.75, 3.05) is 33.1 Å². The first kappa shape index (κ1) is 28.3. The standard InChI is InChI=1S/C30H33N3O8/c1-12-15-10-11-16(13-6-8-14(9-7-13)32(2)3)23(34)18(15)24(35)19-17(12)25(36)21-22(33(4)5)26(37)20(29(31)40)28(39)30(21,41)27(19)38/h6-12,17,21-22,25,34-36,39,41H,1-5H3,(H2,31,40)/t12-,17+,21+,22-,25-,30-/m0/s1. The SMILES string of the molecule is C[C@H]1c2ccc(-c3ccc(N(C)C)cc3)c(O)c2C(O)=C2C(=O)[C@]3(O)C(O)=C(C(N)=O)C(=O)[C@@H](N(C)C)[C@@H]3[C@@H](O)[C@@H]21. The number of rotatable bonds is 4. The number of carbonyl (C=O) groups is 3. The van der Waals surface area contributed by atoms with Gasteiger partial charge in [-0.25, -0.2) is 0 Å². The minimum Gasteiger partial charge on any atom is -0.508 e. The number of aliphatic hydroxyl groups is 4. The van der Waals surface area contributed by atoms with Gasteiger partial charge in [-0.2, -0.15) is 0 Å². The van der Waals surface area contributed by atoms with Crippen molar-refractivity contribution in [2.45, 2.75) is 30.6 Å². The van der Waals surface area contributed by atoms with Crippen LogP contribution in [0.4, 0.5) is 5.69 Å². The molecule has 2 aromatic carbocycles.